The fraction of sp³-hybridized carbons (Fsp3) is 0.217. The summed E-state index contributed by atoms with van der Waals surface area (Å²) in [6.45, 7) is 3.32. The Balaban J connectivity index is 1.33. The van der Waals surface area contributed by atoms with Gasteiger partial charge < -0.3 is 14.7 Å². The van der Waals surface area contributed by atoms with Gasteiger partial charge in [0, 0.05) is 48.6 Å². The highest BCUT2D eigenvalue weighted by Crippen LogP contribution is 2.27. The first-order chi connectivity index (χ1) is 14.2. The molecule has 4 aromatic rings. The average Bonchev–Trinajstić information content (AvgIpc) is 3.15. The number of nitrogens with zero attached hydrogens (tertiary/aromatic N) is 2. The van der Waals surface area contributed by atoms with E-state index in [4.69, 9.17) is 17.0 Å². The van der Waals surface area contributed by atoms with Crippen LogP contribution in [0.3, 0.4) is 0 Å². The molecule has 146 valence electrons. The lowest BCUT2D eigenvalue weighted by Gasteiger charge is -2.27. The van der Waals surface area contributed by atoms with E-state index in [1.807, 2.05) is 30.5 Å². The quantitative estimate of drug-likeness (QED) is 0.473. The van der Waals surface area contributed by atoms with E-state index in [0.29, 0.717) is 11.4 Å². The second-order valence-corrected chi connectivity index (χ2v) is 7.84. The van der Waals surface area contributed by atoms with Crippen LogP contribution >= 0.6 is 12.2 Å². The molecule has 0 unspecified atom stereocenters. The molecule has 0 radical (unpaired) electrons. The number of rotatable bonds is 5. The van der Waals surface area contributed by atoms with Crippen LogP contribution in [0.25, 0.3) is 10.9 Å². The molecule has 2 aromatic heterocycles. The van der Waals surface area contributed by atoms with Crippen molar-refractivity contribution in [1.29, 1.82) is 0 Å². The Morgan fingerprint density at radius 1 is 1.14 bits per heavy atom. The molecule has 0 atom stereocenters. The second-order valence-electron chi connectivity index (χ2n) is 7.45. The highest BCUT2D eigenvalue weighted by molar-refractivity contribution is 7.71. The van der Waals surface area contributed by atoms with Gasteiger partial charge in [0.1, 0.15) is 12.4 Å². The number of H-pyrrole nitrogens is 2. The standard InChI is InChI=1S/C23H22N4OS/c29-23-25-11-17-8-9-27(14-22(17)26-23)13-18-12-24-21-7-6-19(10-20(18)21)28-15-16-4-2-1-3-5-16/h1-7,10-12,24H,8-9,13-15H2,(H,25,26,29). The molecule has 0 bridgehead atoms. The van der Waals surface area contributed by atoms with Crippen LogP contribution in [0, 0.1) is 4.77 Å². The van der Waals surface area contributed by atoms with E-state index < -0.39 is 0 Å². The number of benzene rings is 2. The number of aromatic amines is 2. The van der Waals surface area contributed by atoms with Gasteiger partial charge in [-0.25, -0.2) is 4.98 Å². The summed E-state index contributed by atoms with van der Waals surface area (Å²) in [4.78, 5) is 13.3. The van der Waals surface area contributed by atoms with Gasteiger partial charge in [-0.05, 0) is 53.5 Å². The van der Waals surface area contributed by atoms with Crippen molar-refractivity contribution < 1.29 is 4.74 Å². The van der Waals surface area contributed by atoms with E-state index in [1.54, 1.807) is 0 Å². The predicted molar refractivity (Wildman–Crippen MR) is 116 cm³/mol. The zero-order valence-electron chi connectivity index (χ0n) is 16.0. The zero-order chi connectivity index (χ0) is 19.6. The molecule has 5 rings (SSSR count). The summed E-state index contributed by atoms with van der Waals surface area (Å²) in [7, 11) is 0. The van der Waals surface area contributed by atoms with Crippen LogP contribution in [-0.4, -0.2) is 26.4 Å². The topological polar surface area (TPSA) is 56.9 Å². The third-order valence-electron chi connectivity index (χ3n) is 5.44. The highest BCUT2D eigenvalue weighted by atomic mass is 32.1. The van der Waals surface area contributed by atoms with Gasteiger partial charge in [-0.1, -0.05) is 30.3 Å². The Morgan fingerprint density at radius 3 is 2.93 bits per heavy atom. The van der Waals surface area contributed by atoms with Gasteiger partial charge in [0.15, 0.2) is 4.77 Å². The minimum Gasteiger partial charge on any atom is -0.489 e. The van der Waals surface area contributed by atoms with Crippen molar-refractivity contribution in [3.8, 4) is 5.75 Å². The van der Waals surface area contributed by atoms with Crippen molar-refractivity contribution in [2.45, 2.75) is 26.1 Å². The van der Waals surface area contributed by atoms with Crippen LogP contribution in [0.4, 0.5) is 0 Å². The molecule has 0 saturated carbocycles. The lowest BCUT2D eigenvalue weighted by molar-refractivity contribution is 0.241. The number of hydrogen-bond acceptors (Lipinski definition) is 4. The first kappa shape index (κ1) is 18.1. The minimum atomic E-state index is 0.554. The summed E-state index contributed by atoms with van der Waals surface area (Å²) in [5.74, 6) is 0.890. The Kier molecular flexibility index (Phi) is 4.87. The molecule has 3 heterocycles. The zero-order valence-corrected chi connectivity index (χ0v) is 16.8. The van der Waals surface area contributed by atoms with Crippen molar-refractivity contribution in [3.05, 3.63) is 88.1 Å². The van der Waals surface area contributed by atoms with Crippen LogP contribution in [0.1, 0.15) is 22.4 Å². The largest absolute Gasteiger partial charge is 0.489 e. The van der Waals surface area contributed by atoms with Gasteiger partial charge in [0.05, 0.1) is 0 Å². The summed E-state index contributed by atoms with van der Waals surface area (Å²) in [5.41, 5.74) is 6.03. The number of aromatic nitrogens is 3. The molecule has 2 aromatic carbocycles. The Labute approximate surface area is 174 Å². The van der Waals surface area contributed by atoms with Gasteiger partial charge in [0.2, 0.25) is 0 Å². The Morgan fingerprint density at radius 2 is 2.03 bits per heavy atom. The highest BCUT2D eigenvalue weighted by Gasteiger charge is 2.18. The normalized spacial score (nSPS) is 14.1. The molecular formula is C23H22N4OS. The van der Waals surface area contributed by atoms with Gasteiger partial charge in [-0.2, -0.15) is 0 Å². The van der Waals surface area contributed by atoms with Crippen LogP contribution in [0.5, 0.6) is 5.75 Å². The Bertz CT molecular complexity index is 1200. The smallest absolute Gasteiger partial charge is 0.196 e. The van der Waals surface area contributed by atoms with E-state index in [-0.39, 0.29) is 0 Å². The molecule has 0 spiro atoms. The van der Waals surface area contributed by atoms with E-state index in [2.05, 4.69) is 50.3 Å². The summed E-state index contributed by atoms with van der Waals surface area (Å²) in [6, 6.07) is 16.5. The van der Waals surface area contributed by atoms with Gasteiger partial charge in [-0.15, -0.1) is 0 Å². The molecule has 5 nitrogen and oxygen atoms in total. The molecule has 6 heteroatoms. The van der Waals surface area contributed by atoms with E-state index >= 15 is 0 Å². The van der Waals surface area contributed by atoms with E-state index in [9.17, 15) is 0 Å². The first-order valence-electron chi connectivity index (χ1n) is 9.81. The number of nitrogens with one attached hydrogen (secondary N) is 2. The van der Waals surface area contributed by atoms with Crippen molar-refractivity contribution in [1.82, 2.24) is 19.9 Å². The fourth-order valence-electron chi connectivity index (χ4n) is 3.89. The van der Waals surface area contributed by atoms with Crippen molar-refractivity contribution >= 4 is 23.1 Å². The molecule has 0 fully saturated rings. The van der Waals surface area contributed by atoms with Crippen LogP contribution in [0.15, 0.2) is 60.9 Å². The van der Waals surface area contributed by atoms with Crippen molar-refractivity contribution in [2.24, 2.45) is 0 Å². The second kappa shape index (κ2) is 7.81. The molecule has 2 N–H and O–H groups in total. The molecular weight excluding hydrogens is 380 g/mol. The fourth-order valence-corrected chi connectivity index (χ4v) is 4.06. The minimum absolute atomic E-state index is 0.554. The number of ether oxygens (including phenoxy) is 1. The lowest BCUT2D eigenvalue weighted by atomic mass is 10.1. The number of fused-ring (bicyclic) bond motifs is 2. The van der Waals surface area contributed by atoms with Crippen molar-refractivity contribution in [2.75, 3.05) is 6.54 Å². The predicted octanol–water partition coefficient (Wildman–Crippen LogP) is 4.76. The molecule has 0 saturated heterocycles. The van der Waals surface area contributed by atoms with E-state index in [1.165, 1.54) is 27.8 Å². The lowest BCUT2D eigenvalue weighted by Crippen LogP contribution is -2.30. The maximum absolute atomic E-state index is 6.02. The summed E-state index contributed by atoms with van der Waals surface area (Å²) in [5, 5.41) is 1.21. The molecule has 1 aliphatic rings. The van der Waals surface area contributed by atoms with Gasteiger partial charge in [0.25, 0.3) is 0 Å². The maximum Gasteiger partial charge on any atom is 0.196 e. The van der Waals surface area contributed by atoms with Gasteiger partial charge in [-0.3, -0.25) is 4.90 Å². The third-order valence-corrected chi connectivity index (χ3v) is 5.65. The van der Waals surface area contributed by atoms with Crippen LogP contribution < -0.4 is 4.74 Å². The molecule has 29 heavy (non-hydrogen) atoms. The summed E-state index contributed by atoms with van der Waals surface area (Å²) >= 11 is 5.19. The first-order valence-corrected chi connectivity index (χ1v) is 10.2. The summed E-state index contributed by atoms with van der Waals surface area (Å²) < 4.78 is 6.58. The number of hydrogen-bond donors (Lipinski definition) is 2. The molecule has 1 aliphatic heterocycles. The summed E-state index contributed by atoms with van der Waals surface area (Å²) in [6.07, 6.45) is 5.01. The van der Waals surface area contributed by atoms with Crippen LogP contribution in [-0.2, 0) is 26.1 Å². The third kappa shape index (κ3) is 3.95. The maximum atomic E-state index is 6.02. The van der Waals surface area contributed by atoms with Gasteiger partial charge >= 0.3 is 0 Å². The average molecular weight is 403 g/mol. The SMILES string of the molecule is S=c1ncc2c([nH]1)CN(Cc1c[nH]c3ccc(OCc4ccccc4)cc13)CC2. The van der Waals surface area contributed by atoms with Crippen molar-refractivity contribution in [3.63, 3.8) is 0 Å². The Hall–Kier alpha value is -2.96. The molecule has 0 amide bonds. The monoisotopic (exact) mass is 402 g/mol. The van der Waals surface area contributed by atoms with Crippen LogP contribution in [0.2, 0.25) is 0 Å². The molecule has 0 aliphatic carbocycles. The van der Waals surface area contributed by atoms with E-state index in [0.717, 1.165) is 37.3 Å².